The molecule has 4 heteroatoms. The maximum Gasteiger partial charge on any atom is 0.317 e. The van der Waals surface area contributed by atoms with Crippen LogP contribution < -0.4 is 0 Å². The molecule has 21 heavy (non-hydrogen) atoms. The van der Waals surface area contributed by atoms with Crippen molar-refractivity contribution >= 4 is 29.3 Å². The number of hydrogen-bond donors (Lipinski definition) is 1. The monoisotopic (exact) mass is 320 g/mol. The Labute approximate surface area is 134 Å². The highest BCUT2D eigenvalue weighted by atomic mass is 35.5. The zero-order chi connectivity index (χ0) is 15.4. The van der Waals surface area contributed by atoms with E-state index >= 15 is 0 Å². The Kier molecular flexibility index (Phi) is 5.32. The highest BCUT2D eigenvalue weighted by Gasteiger charge is 2.20. The zero-order valence-corrected chi connectivity index (χ0v) is 13.5. The number of halogens is 1. The van der Waals surface area contributed by atoms with Gasteiger partial charge in [0.05, 0.1) is 0 Å². The molecule has 0 saturated carbocycles. The number of carboxylic acids is 1. The van der Waals surface area contributed by atoms with Crippen LogP contribution >= 0.6 is 23.4 Å². The summed E-state index contributed by atoms with van der Waals surface area (Å²) in [5.74, 6) is -0.796. The third-order valence-corrected chi connectivity index (χ3v) is 4.72. The molecule has 2 rings (SSSR count). The standard InChI is InChI=1S/C17H17ClO2S/c1-11-3-7-15(8-4-11)21-16(17(19)20)10-13-5-6-14(18)9-12(13)2/h3-9,16H,10H2,1-2H3,(H,19,20). The van der Waals surface area contributed by atoms with Gasteiger partial charge in [-0.2, -0.15) is 0 Å². The number of carbonyl (C=O) groups is 1. The van der Waals surface area contributed by atoms with E-state index in [1.54, 1.807) is 6.07 Å². The molecule has 0 bridgehead atoms. The van der Waals surface area contributed by atoms with Gasteiger partial charge in [-0.05, 0) is 55.7 Å². The second-order valence-electron chi connectivity index (χ2n) is 5.03. The number of aliphatic carboxylic acids is 1. The van der Waals surface area contributed by atoms with Crippen LogP contribution in [0.5, 0.6) is 0 Å². The number of benzene rings is 2. The molecule has 0 aliphatic heterocycles. The third-order valence-electron chi connectivity index (χ3n) is 3.28. The van der Waals surface area contributed by atoms with Gasteiger partial charge in [-0.25, -0.2) is 0 Å². The molecule has 0 radical (unpaired) electrons. The van der Waals surface area contributed by atoms with E-state index in [0.717, 1.165) is 16.0 Å². The molecule has 0 fully saturated rings. The van der Waals surface area contributed by atoms with Crippen LogP contribution in [0.3, 0.4) is 0 Å². The van der Waals surface area contributed by atoms with Crippen molar-refractivity contribution in [2.75, 3.05) is 0 Å². The number of rotatable bonds is 5. The molecule has 0 spiro atoms. The average Bonchev–Trinajstić information content (AvgIpc) is 2.43. The Hall–Kier alpha value is -1.45. The third kappa shape index (κ3) is 4.51. The fraction of sp³-hybridized carbons (Fsp3) is 0.235. The van der Waals surface area contributed by atoms with Gasteiger partial charge in [0.25, 0.3) is 0 Å². The molecule has 0 aliphatic rings. The van der Waals surface area contributed by atoms with Gasteiger partial charge in [0.1, 0.15) is 5.25 Å². The highest BCUT2D eigenvalue weighted by molar-refractivity contribution is 8.00. The first-order valence-electron chi connectivity index (χ1n) is 6.67. The van der Waals surface area contributed by atoms with E-state index < -0.39 is 11.2 Å². The molecule has 1 atom stereocenters. The zero-order valence-electron chi connectivity index (χ0n) is 12.0. The minimum atomic E-state index is -0.796. The quantitative estimate of drug-likeness (QED) is 0.808. The predicted molar refractivity (Wildman–Crippen MR) is 88.4 cm³/mol. The molecule has 2 nitrogen and oxygen atoms in total. The van der Waals surface area contributed by atoms with Crippen LogP contribution in [-0.2, 0) is 11.2 Å². The summed E-state index contributed by atoms with van der Waals surface area (Å²) in [4.78, 5) is 12.5. The van der Waals surface area contributed by atoms with Crippen LogP contribution in [0.15, 0.2) is 47.4 Å². The van der Waals surface area contributed by atoms with Crippen LogP contribution in [0, 0.1) is 13.8 Å². The first-order chi connectivity index (χ1) is 9.95. The molecule has 1 unspecified atom stereocenters. The maximum atomic E-state index is 11.5. The minimum absolute atomic E-state index is 0.483. The Morgan fingerprint density at radius 2 is 1.86 bits per heavy atom. The molecule has 0 aromatic heterocycles. The summed E-state index contributed by atoms with van der Waals surface area (Å²) in [6.45, 7) is 3.97. The largest absolute Gasteiger partial charge is 0.480 e. The molecule has 0 amide bonds. The number of carboxylic acid groups (broad SMARTS) is 1. The molecule has 0 heterocycles. The Morgan fingerprint density at radius 3 is 2.43 bits per heavy atom. The molecule has 110 valence electrons. The summed E-state index contributed by atoms with van der Waals surface area (Å²) in [5.41, 5.74) is 3.21. The van der Waals surface area contributed by atoms with Gasteiger partial charge in [-0.1, -0.05) is 35.4 Å². The van der Waals surface area contributed by atoms with Crippen LogP contribution in [0.4, 0.5) is 0 Å². The lowest BCUT2D eigenvalue weighted by molar-refractivity contribution is -0.136. The second kappa shape index (κ2) is 7.01. The van der Waals surface area contributed by atoms with Gasteiger partial charge < -0.3 is 5.11 Å². The van der Waals surface area contributed by atoms with Gasteiger partial charge in [-0.15, -0.1) is 11.8 Å². The first-order valence-corrected chi connectivity index (χ1v) is 7.92. The first kappa shape index (κ1) is 15.9. The molecule has 1 N–H and O–H groups in total. The Morgan fingerprint density at radius 1 is 1.19 bits per heavy atom. The number of thioether (sulfide) groups is 1. The summed E-state index contributed by atoms with van der Waals surface area (Å²) in [6, 6.07) is 13.5. The fourth-order valence-electron chi connectivity index (χ4n) is 2.05. The smallest absolute Gasteiger partial charge is 0.317 e. The molecular weight excluding hydrogens is 304 g/mol. The van der Waals surface area contributed by atoms with Crippen molar-refractivity contribution in [1.29, 1.82) is 0 Å². The van der Waals surface area contributed by atoms with Gasteiger partial charge in [0.15, 0.2) is 0 Å². The molecule has 2 aromatic rings. The lowest BCUT2D eigenvalue weighted by atomic mass is 10.0. The predicted octanol–water partition coefficient (Wildman–Crippen LogP) is 4.74. The normalized spacial score (nSPS) is 12.1. The lowest BCUT2D eigenvalue weighted by Gasteiger charge is -2.14. The van der Waals surface area contributed by atoms with Crippen molar-refractivity contribution in [3.63, 3.8) is 0 Å². The molecule has 2 aromatic carbocycles. The topological polar surface area (TPSA) is 37.3 Å². The van der Waals surface area contributed by atoms with Crippen LogP contribution in [-0.4, -0.2) is 16.3 Å². The number of hydrogen-bond acceptors (Lipinski definition) is 2. The van der Waals surface area contributed by atoms with Gasteiger partial charge >= 0.3 is 5.97 Å². The molecule has 0 saturated heterocycles. The van der Waals surface area contributed by atoms with E-state index in [1.165, 1.54) is 17.3 Å². The van der Waals surface area contributed by atoms with Crippen LogP contribution in [0.1, 0.15) is 16.7 Å². The molecular formula is C17H17ClO2S. The Bertz CT molecular complexity index is 638. The van der Waals surface area contributed by atoms with Gasteiger partial charge in [0, 0.05) is 9.92 Å². The average molecular weight is 321 g/mol. The minimum Gasteiger partial charge on any atom is -0.480 e. The fourth-order valence-corrected chi connectivity index (χ4v) is 3.26. The summed E-state index contributed by atoms with van der Waals surface area (Å²) in [5, 5.41) is 9.62. The summed E-state index contributed by atoms with van der Waals surface area (Å²) in [6.07, 6.45) is 0.483. The van der Waals surface area contributed by atoms with Crippen molar-refractivity contribution in [3.8, 4) is 0 Å². The SMILES string of the molecule is Cc1ccc(SC(Cc2ccc(Cl)cc2C)C(=O)O)cc1. The van der Waals surface area contributed by atoms with Crippen LogP contribution in [0.25, 0.3) is 0 Å². The second-order valence-corrected chi connectivity index (χ2v) is 6.75. The highest BCUT2D eigenvalue weighted by Crippen LogP contribution is 2.28. The van der Waals surface area contributed by atoms with E-state index in [9.17, 15) is 9.90 Å². The van der Waals surface area contributed by atoms with E-state index in [1.807, 2.05) is 50.2 Å². The Balaban J connectivity index is 2.15. The van der Waals surface area contributed by atoms with Gasteiger partial charge in [-0.3, -0.25) is 4.79 Å². The van der Waals surface area contributed by atoms with Crippen molar-refractivity contribution in [2.45, 2.75) is 30.4 Å². The van der Waals surface area contributed by atoms with Crippen LogP contribution in [0.2, 0.25) is 5.02 Å². The van der Waals surface area contributed by atoms with Crippen molar-refractivity contribution < 1.29 is 9.90 Å². The van der Waals surface area contributed by atoms with Crippen molar-refractivity contribution in [2.24, 2.45) is 0 Å². The maximum absolute atomic E-state index is 11.5. The van der Waals surface area contributed by atoms with E-state index in [2.05, 4.69) is 0 Å². The summed E-state index contributed by atoms with van der Waals surface area (Å²) >= 11 is 7.32. The number of aryl methyl sites for hydroxylation is 2. The van der Waals surface area contributed by atoms with Gasteiger partial charge in [0.2, 0.25) is 0 Å². The van der Waals surface area contributed by atoms with E-state index in [-0.39, 0.29) is 0 Å². The van der Waals surface area contributed by atoms with E-state index in [4.69, 9.17) is 11.6 Å². The van der Waals surface area contributed by atoms with Crippen molar-refractivity contribution in [1.82, 2.24) is 0 Å². The van der Waals surface area contributed by atoms with E-state index in [0.29, 0.717) is 11.4 Å². The summed E-state index contributed by atoms with van der Waals surface area (Å²) in [7, 11) is 0. The summed E-state index contributed by atoms with van der Waals surface area (Å²) < 4.78 is 0. The molecule has 0 aliphatic carbocycles. The lowest BCUT2D eigenvalue weighted by Crippen LogP contribution is -2.19. The van der Waals surface area contributed by atoms with Crippen molar-refractivity contribution in [3.05, 3.63) is 64.2 Å².